The van der Waals surface area contributed by atoms with E-state index >= 15 is 0 Å². The second kappa shape index (κ2) is 7.67. The van der Waals surface area contributed by atoms with Crippen molar-refractivity contribution >= 4 is 15.9 Å². The number of halogens is 1. The average molecular weight is 291 g/mol. The van der Waals surface area contributed by atoms with Gasteiger partial charge in [-0.25, -0.2) is 0 Å². The molecule has 0 atom stereocenters. The molecule has 2 heteroatoms. The molecule has 78 valence electrons. The monoisotopic (exact) mass is 290 g/mol. The second-order valence-electron chi connectivity index (χ2n) is 4.14. The van der Waals surface area contributed by atoms with Crippen LogP contribution in [0.15, 0.2) is 34.8 Å². The Balaban J connectivity index is 0.000000364. The van der Waals surface area contributed by atoms with Gasteiger partial charge >= 0.3 is 72.2 Å². The summed E-state index contributed by atoms with van der Waals surface area (Å²) in [6.45, 7) is 10.5. The van der Waals surface area contributed by atoms with Crippen LogP contribution in [0.1, 0.15) is 27.2 Å². The summed E-state index contributed by atoms with van der Waals surface area (Å²) >= 11 is 3.28. The number of hydrogen-bond acceptors (Lipinski definition) is 0. The van der Waals surface area contributed by atoms with Crippen LogP contribution in [0, 0.1) is 0 Å². The van der Waals surface area contributed by atoms with Crippen LogP contribution in [0.5, 0.6) is 0 Å². The van der Waals surface area contributed by atoms with Crippen molar-refractivity contribution in [3.05, 3.63) is 34.8 Å². The third-order valence-corrected chi connectivity index (χ3v) is 4.13. The topological polar surface area (TPSA) is 0 Å². The van der Waals surface area contributed by atoms with Crippen LogP contribution in [0.4, 0.5) is 0 Å². The summed E-state index contributed by atoms with van der Waals surface area (Å²) in [4.78, 5) is 0. The molecule has 0 radical (unpaired) electrons. The van der Waals surface area contributed by atoms with Gasteiger partial charge in [0.2, 0.25) is 0 Å². The molecule has 0 aromatic carbocycles. The Labute approximate surface area is 106 Å². The van der Waals surface area contributed by atoms with Crippen molar-refractivity contribution in [2.75, 3.05) is 5.33 Å². The average Bonchev–Trinajstić information content (AvgIpc) is 2.54. The molecule has 0 spiro atoms. The van der Waals surface area contributed by atoms with Crippen molar-refractivity contribution in [3.63, 3.8) is 0 Å². The van der Waals surface area contributed by atoms with Gasteiger partial charge in [-0.05, 0) is 0 Å². The summed E-state index contributed by atoms with van der Waals surface area (Å²) in [7, 11) is 0. The van der Waals surface area contributed by atoms with Crippen molar-refractivity contribution in [1.82, 2.24) is 0 Å². The van der Waals surface area contributed by atoms with Gasteiger partial charge in [0.15, 0.2) is 0 Å². The van der Waals surface area contributed by atoms with Gasteiger partial charge in [-0.3, -0.25) is 0 Å². The van der Waals surface area contributed by atoms with E-state index in [1.165, 1.54) is 6.42 Å². The molecule has 0 aromatic heterocycles. The number of hydrogen-bond donors (Lipinski definition) is 0. The normalized spacial score (nSPS) is 14.1. The molecule has 0 fully saturated rings. The van der Waals surface area contributed by atoms with Gasteiger partial charge in [0, 0.05) is 5.33 Å². The first-order valence-electron chi connectivity index (χ1n) is 4.80. The van der Waals surface area contributed by atoms with Gasteiger partial charge in [-0.15, -0.1) is 6.58 Å². The fourth-order valence-corrected chi connectivity index (χ4v) is 3.15. The van der Waals surface area contributed by atoms with E-state index in [4.69, 9.17) is 0 Å². The van der Waals surface area contributed by atoms with Crippen LogP contribution in [0.2, 0.25) is 3.72 Å². The zero-order valence-corrected chi connectivity index (χ0v) is 12.5. The Morgan fingerprint density at radius 3 is 2.43 bits per heavy atom. The van der Waals surface area contributed by atoms with E-state index in [0.717, 1.165) is 5.33 Å². The van der Waals surface area contributed by atoms with Crippen LogP contribution in [0.25, 0.3) is 0 Å². The molecule has 1 rings (SSSR count). The molecule has 0 aromatic rings. The first-order chi connectivity index (χ1) is 6.49. The number of alkyl halides is 1. The van der Waals surface area contributed by atoms with E-state index in [1.807, 2.05) is 0 Å². The summed E-state index contributed by atoms with van der Waals surface area (Å²) in [6, 6.07) is 0. The van der Waals surface area contributed by atoms with E-state index in [2.05, 4.69) is 61.5 Å². The molecular formula is C12H19BrTi. The Morgan fingerprint density at radius 1 is 1.57 bits per heavy atom. The molecule has 0 bridgehead atoms. The maximum absolute atomic E-state index is 3.43. The molecule has 1 aliphatic carbocycles. The Morgan fingerprint density at radius 2 is 2.14 bits per heavy atom. The molecule has 0 unspecified atom stereocenters. The van der Waals surface area contributed by atoms with Crippen LogP contribution in [-0.4, -0.2) is 5.33 Å². The molecule has 0 heterocycles. The van der Waals surface area contributed by atoms with Gasteiger partial charge in [-0.2, -0.15) is 0 Å². The summed E-state index contributed by atoms with van der Waals surface area (Å²) in [5, 5.41) is 0.896. The minimum atomic E-state index is 0.146. The first-order valence-corrected chi connectivity index (χ1v) is 7.48. The molecule has 0 aliphatic heterocycles. The molecule has 0 saturated heterocycles. The number of allylic oxidation sites excluding steroid dienone is 5. The van der Waals surface area contributed by atoms with Crippen LogP contribution in [-0.2, 0) is 19.2 Å². The van der Waals surface area contributed by atoms with E-state index in [0.29, 0.717) is 3.72 Å². The van der Waals surface area contributed by atoms with Gasteiger partial charge in [-0.1, -0.05) is 22.0 Å². The Kier molecular flexibility index (Phi) is 7.90. The standard InChI is InChI=1S/C5H5.C4H9.C3H5Br.Ti/c1-2-4-5-3-1;1-4(2)3;1-2-3-4;/h1-3H,4H2;1-3H3;2H,1,3H2;. The third kappa shape index (κ3) is 8.99. The predicted octanol–water partition coefficient (Wildman–Crippen LogP) is 4.70. The molecule has 0 nitrogen and oxygen atoms in total. The molecule has 0 amide bonds. The van der Waals surface area contributed by atoms with Crippen LogP contribution >= 0.6 is 15.9 Å². The van der Waals surface area contributed by atoms with E-state index in [-0.39, 0.29) is 19.2 Å². The van der Waals surface area contributed by atoms with Crippen LogP contribution < -0.4 is 0 Å². The number of rotatable bonds is 2. The maximum atomic E-state index is 3.43. The van der Waals surface area contributed by atoms with Crippen molar-refractivity contribution < 1.29 is 19.2 Å². The van der Waals surface area contributed by atoms with Gasteiger partial charge in [0.05, 0.1) is 0 Å². The summed E-state index contributed by atoms with van der Waals surface area (Å²) in [5.74, 6) is 0. The van der Waals surface area contributed by atoms with E-state index in [9.17, 15) is 0 Å². The second-order valence-corrected chi connectivity index (χ2v) is 8.53. The van der Waals surface area contributed by atoms with Crippen molar-refractivity contribution in [2.24, 2.45) is 0 Å². The van der Waals surface area contributed by atoms with E-state index < -0.39 is 0 Å². The van der Waals surface area contributed by atoms with E-state index in [1.54, 1.807) is 9.95 Å². The zero-order chi connectivity index (χ0) is 11.0. The zero-order valence-electron chi connectivity index (χ0n) is 9.31. The molecule has 0 N–H and O–H groups in total. The Hall–Kier alpha value is 0.414. The SMILES string of the molecule is C=CCBr.C[C](C)(C)[Ti][C]1=CC=CC1. The van der Waals surface area contributed by atoms with Crippen LogP contribution in [0.3, 0.4) is 0 Å². The summed E-state index contributed by atoms with van der Waals surface area (Å²) in [6.07, 6.45) is 9.76. The third-order valence-electron chi connectivity index (χ3n) is 1.42. The predicted molar refractivity (Wildman–Crippen MR) is 65.5 cm³/mol. The quantitative estimate of drug-likeness (QED) is 0.393. The van der Waals surface area contributed by atoms with Crippen molar-refractivity contribution in [2.45, 2.75) is 30.9 Å². The first kappa shape index (κ1) is 14.4. The fourth-order valence-electron chi connectivity index (χ4n) is 1.02. The molecular weight excluding hydrogens is 272 g/mol. The summed E-state index contributed by atoms with van der Waals surface area (Å²) < 4.78 is 2.28. The van der Waals surface area contributed by atoms with Gasteiger partial charge in [0.25, 0.3) is 0 Å². The molecule has 1 aliphatic rings. The van der Waals surface area contributed by atoms with Crippen molar-refractivity contribution in [1.29, 1.82) is 0 Å². The van der Waals surface area contributed by atoms with Crippen molar-refractivity contribution in [3.8, 4) is 0 Å². The Bertz CT molecular complexity index is 221. The van der Waals surface area contributed by atoms with Gasteiger partial charge in [0.1, 0.15) is 0 Å². The fraction of sp³-hybridized carbons (Fsp3) is 0.500. The van der Waals surface area contributed by atoms with Gasteiger partial charge < -0.3 is 0 Å². The summed E-state index contributed by atoms with van der Waals surface area (Å²) in [5.41, 5.74) is 0. The molecule has 0 saturated carbocycles. The minimum absolute atomic E-state index is 0.146. The molecule has 14 heavy (non-hydrogen) atoms.